The van der Waals surface area contributed by atoms with Crippen LogP contribution in [-0.4, -0.2) is 15.0 Å². The lowest BCUT2D eigenvalue weighted by Gasteiger charge is -2.36. The molecule has 7 aromatic rings. The highest BCUT2D eigenvalue weighted by Gasteiger charge is 2.57. The van der Waals surface area contributed by atoms with Crippen LogP contribution in [0.25, 0.3) is 56.4 Å². The predicted octanol–water partition coefficient (Wildman–Crippen LogP) is 12.3. The molecule has 0 amide bonds. The Morgan fingerprint density at radius 3 is 1.71 bits per heavy atom. The SMILES string of the molecule is C1=CC2c3ccccc3C3(c4ccc(C5=CC=C(c6ccccc6)CC5)cc4-c4c(-c5nc(-c6ccccc6)nc(-c6ccccc6)n5)cccc43)C2C=C1. The molecular weight excluding hydrogens is 667 g/mol. The van der Waals surface area contributed by atoms with Crippen LogP contribution >= 0.6 is 0 Å². The van der Waals surface area contributed by atoms with Gasteiger partial charge in [-0.3, -0.25) is 0 Å². The fourth-order valence-electron chi connectivity index (χ4n) is 9.79. The van der Waals surface area contributed by atoms with Crippen LogP contribution in [0.3, 0.4) is 0 Å². The van der Waals surface area contributed by atoms with E-state index in [4.69, 9.17) is 15.0 Å². The first-order valence-electron chi connectivity index (χ1n) is 19.3. The zero-order valence-electron chi connectivity index (χ0n) is 30.3. The zero-order valence-corrected chi connectivity index (χ0v) is 30.3. The Balaban J connectivity index is 1.16. The molecule has 11 rings (SSSR count). The fourth-order valence-corrected chi connectivity index (χ4v) is 9.79. The van der Waals surface area contributed by atoms with E-state index in [1.165, 1.54) is 55.7 Å². The van der Waals surface area contributed by atoms with Gasteiger partial charge >= 0.3 is 0 Å². The van der Waals surface area contributed by atoms with E-state index < -0.39 is 0 Å². The number of aromatic nitrogens is 3. The Morgan fingerprint density at radius 1 is 0.436 bits per heavy atom. The molecule has 4 aliphatic rings. The average molecular weight is 704 g/mol. The first-order valence-corrected chi connectivity index (χ1v) is 19.3. The summed E-state index contributed by atoms with van der Waals surface area (Å²) in [5.74, 6) is 2.55. The van der Waals surface area contributed by atoms with Gasteiger partial charge in [-0.1, -0.05) is 182 Å². The molecule has 55 heavy (non-hydrogen) atoms. The molecule has 3 nitrogen and oxygen atoms in total. The lowest BCUT2D eigenvalue weighted by molar-refractivity contribution is 0.465. The number of benzene rings is 6. The highest BCUT2D eigenvalue weighted by molar-refractivity contribution is 5.95. The second kappa shape index (κ2) is 12.7. The standard InChI is InChI=1S/C52H37N3/c1-4-15-34(16-5-1)35-27-29-36(30-28-35)39-31-32-46-43(33-39)48-42(51-54-49(37-17-6-2-7-18-37)53-50(55-51)38-19-8-3-9-20-38)23-14-26-47(48)52(46)44-24-12-10-21-40(44)41-22-11-13-25-45(41)52/h1-27,29,31-33,40,44H,28,30H2. The minimum Gasteiger partial charge on any atom is -0.208 e. The Labute approximate surface area is 321 Å². The van der Waals surface area contributed by atoms with E-state index >= 15 is 0 Å². The molecule has 1 aromatic heterocycles. The molecule has 0 radical (unpaired) electrons. The van der Waals surface area contributed by atoms with Crippen molar-refractivity contribution < 1.29 is 0 Å². The molecule has 1 spiro atoms. The third kappa shape index (κ3) is 4.93. The van der Waals surface area contributed by atoms with Crippen molar-refractivity contribution in [1.29, 1.82) is 0 Å². The molecule has 4 aliphatic carbocycles. The van der Waals surface area contributed by atoms with Gasteiger partial charge in [0.1, 0.15) is 0 Å². The van der Waals surface area contributed by atoms with Gasteiger partial charge in [-0.05, 0) is 74.6 Å². The topological polar surface area (TPSA) is 38.7 Å². The summed E-state index contributed by atoms with van der Waals surface area (Å²) < 4.78 is 0. The minimum absolute atomic E-state index is 0.236. The molecule has 3 unspecified atom stereocenters. The van der Waals surface area contributed by atoms with Crippen LogP contribution in [0.5, 0.6) is 0 Å². The fraction of sp³-hybridized carbons (Fsp3) is 0.0962. The number of allylic oxidation sites excluding steroid dienone is 8. The molecule has 1 heterocycles. The minimum atomic E-state index is -0.361. The van der Waals surface area contributed by atoms with Gasteiger partial charge in [0, 0.05) is 28.5 Å². The molecule has 0 saturated heterocycles. The van der Waals surface area contributed by atoms with E-state index in [0.29, 0.717) is 17.5 Å². The van der Waals surface area contributed by atoms with Crippen LogP contribution in [0.1, 0.15) is 52.1 Å². The molecule has 260 valence electrons. The molecular formula is C52H37N3. The van der Waals surface area contributed by atoms with Crippen LogP contribution in [0, 0.1) is 5.92 Å². The van der Waals surface area contributed by atoms with Gasteiger partial charge in [-0.25, -0.2) is 15.0 Å². The first-order chi connectivity index (χ1) is 27.3. The Kier molecular flexibility index (Phi) is 7.34. The normalized spacial score (nSPS) is 20.0. The van der Waals surface area contributed by atoms with E-state index in [0.717, 1.165) is 29.5 Å². The maximum Gasteiger partial charge on any atom is 0.164 e. The summed E-state index contributed by atoms with van der Waals surface area (Å²) in [7, 11) is 0. The molecule has 6 aromatic carbocycles. The molecule has 0 aliphatic heterocycles. The van der Waals surface area contributed by atoms with Crippen molar-refractivity contribution in [3.63, 3.8) is 0 Å². The van der Waals surface area contributed by atoms with Crippen molar-refractivity contribution in [3.05, 3.63) is 221 Å². The van der Waals surface area contributed by atoms with Crippen LogP contribution in [0.4, 0.5) is 0 Å². The number of hydrogen-bond acceptors (Lipinski definition) is 3. The summed E-state index contributed by atoms with van der Waals surface area (Å²) >= 11 is 0. The Bertz CT molecular complexity index is 2700. The van der Waals surface area contributed by atoms with Gasteiger partial charge < -0.3 is 0 Å². The number of rotatable bonds is 5. The summed E-state index contributed by atoms with van der Waals surface area (Å²) in [6.45, 7) is 0. The summed E-state index contributed by atoms with van der Waals surface area (Å²) in [6, 6.07) is 54.5. The molecule has 0 N–H and O–H groups in total. The van der Waals surface area contributed by atoms with E-state index in [-0.39, 0.29) is 17.3 Å². The third-order valence-electron chi connectivity index (χ3n) is 12.2. The maximum absolute atomic E-state index is 5.27. The second-order valence-electron chi connectivity index (χ2n) is 15.0. The van der Waals surface area contributed by atoms with E-state index in [1.807, 2.05) is 36.4 Å². The summed E-state index contributed by atoms with van der Waals surface area (Å²) in [6.07, 6.45) is 16.0. The average Bonchev–Trinajstić information content (AvgIpc) is 3.74. The second-order valence-corrected chi connectivity index (χ2v) is 15.0. The third-order valence-corrected chi connectivity index (χ3v) is 12.2. The summed E-state index contributed by atoms with van der Waals surface area (Å²) in [5.41, 5.74) is 15.9. The van der Waals surface area contributed by atoms with Gasteiger partial charge in [0.05, 0.1) is 5.41 Å². The van der Waals surface area contributed by atoms with Crippen LogP contribution < -0.4 is 0 Å². The van der Waals surface area contributed by atoms with Gasteiger partial charge in [0.15, 0.2) is 17.5 Å². The van der Waals surface area contributed by atoms with Gasteiger partial charge in [0.25, 0.3) is 0 Å². The maximum atomic E-state index is 5.27. The highest BCUT2D eigenvalue weighted by atomic mass is 15.0. The van der Waals surface area contributed by atoms with Gasteiger partial charge in [0.2, 0.25) is 0 Å². The summed E-state index contributed by atoms with van der Waals surface area (Å²) in [5, 5.41) is 0. The van der Waals surface area contributed by atoms with E-state index in [1.54, 1.807) is 0 Å². The summed E-state index contributed by atoms with van der Waals surface area (Å²) in [4.78, 5) is 15.6. The number of hydrogen-bond donors (Lipinski definition) is 0. The lowest BCUT2D eigenvalue weighted by Crippen LogP contribution is -2.33. The van der Waals surface area contributed by atoms with Crippen molar-refractivity contribution in [2.75, 3.05) is 0 Å². The molecule has 3 atom stereocenters. The molecule has 3 heteroatoms. The Hall–Kier alpha value is -6.71. The van der Waals surface area contributed by atoms with Crippen molar-refractivity contribution in [3.8, 4) is 45.3 Å². The van der Waals surface area contributed by atoms with E-state index in [9.17, 15) is 0 Å². The van der Waals surface area contributed by atoms with Gasteiger partial charge in [-0.15, -0.1) is 0 Å². The van der Waals surface area contributed by atoms with Crippen molar-refractivity contribution >= 4 is 11.1 Å². The van der Waals surface area contributed by atoms with Crippen molar-refractivity contribution in [2.24, 2.45) is 5.92 Å². The zero-order chi connectivity index (χ0) is 36.3. The van der Waals surface area contributed by atoms with Crippen LogP contribution in [-0.2, 0) is 5.41 Å². The largest absolute Gasteiger partial charge is 0.208 e. The lowest BCUT2D eigenvalue weighted by atomic mass is 9.65. The number of nitrogens with zero attached hydrogens (tertiary/aromatic N) is 3. The molecule has 0 bridgehead atoms. The number of fused-ring (bicyclic) bond motifs is 10. The van der Waals surface area contributed by atoms with Crippen molar-refractivity contribution in [2.45, 2.75) is 24.2 Å². The van der Waals surface area contributed by atoms with Crippen molar-refractivity contribution in [1.82, 2.24) is 15.0 Å². The van der Waals surface area contributed by atoms with Crippen LogP contribution in [0.15, 0.2) is 188 Å². The Morgan fingerprint density at radius 2 is 1.02 bits per heavy atom. The predicted molar refractivity (Wildman–Crippen MR) is 224 cm³/mol. The monoisotopic (exact) mass is 703 g/mol. The molecule has 0 saturated carbocycles. The van der Waals surface area contributed by atoms with Crippen LogP contribution in [0.2, 0.25) is 0 Å². The van der Waals surface area contributed by atoms with E-state index in [2.05, 4.69) is 152 Å². The quantitative estimate of drug-likeness (QED) is 0.179. The smallest absolute Gasteiger partial charge is 0.164 e. The van der Waals surface area contributed by atoms with Gasteiger partial charge in [-0.2, -0.15) is 0 Å². The highest BCUT2D eigenvalue weighted by Crippen LogP contribution is 2.66. The first kappa shape index (κ1) is 31.8. The molecule has 0 fully saturated rings.